The largest absolute Gasteiger partial charge is 0.311 e. The monoisotopic (exact) mass is 264 g/mol. The topological polar surface area (TPSA) is 42.7 Å². The molecule has 108 valence electrons. The van der Waals surface area contributed by atoms with Crippen LogP contribution in [-0.2, 0) is 13.0 Å². The van der Waals surface area contributed by atoms with E-state index in [1.54, 1.807) is 6.33 Å². The highest BCUT2D eigenvalue weighted by molar-refractivity contribution is 4.99. The normalized spacial score (nSPS) is 24.6. The third-order valence-corrected chi connectivity index (χ3v) is 4.24. The molecule has 1 aromatic heterocycles. The van der Waals surface area contributed by atoms with Gasteiger partial charge in [0.1, 0.15) is 12.2 Å². The van der Waals surface area contributed by atoms with Gasteiger partial charge in [-0.1, -0.05) is 33.6 Å². The van der Waals surface area contributed by atoms with Crippen LogP contribution in [0.25, 0.3) is 0 Å². The zero-order chi connectivity index (χ0) is 13.7. The van der Waals surface area contributed by atoms with Gasteiger partial charge in [0.25, 0.3) is 0 Å². The summed E-state index contributed by atoms with van der Waals surface area (Å²) >= 11 is 0. The molecule has 0 aromatic carbocycles. The van der Waals surface area contributed by atoms with Crippen LogP contribution in [0.4, 0.5) is 0 Å². The van der Waals surface area contributed by atoms with Crippen molar-refractivity contribution >= 4 is 0 Å². The molecule has 0 radical (unpaired) electrons. The van der Waals surface area contributed by atoms with E-state index in [0.717, 1.165) is 25.3 Å². The molecule has 0 bridgehead atoms. The van der Waals surface area contributed by atoms with Crippen molar-refractivity contribution in [3.05, 3.63) is 12.2 Å². The van der Waals surface area contributed by atoms with Crippen molar-refractivity contribution in [2.24, 2.45) is 5.92 Å². The Morgan fingerprint density at radius 2 is 2.21 bits per heavy atom. The van der Waals surface area contributed by atoms with Gasteiger partial charge in [0.05, 0.1) is 0 Å². The summed E-state index contributed by atoms with van der Waals surface area (Å²) < 4.78 is 2.09. The average Bonchev–Trinajstić information content (AvgIpc) is 2.65. The van der Waals surface area contributed by atoms with E-state index in [0.29, 0.717) is 5.92 Å². The second kappa shape index (κ2) is 6.51. The van der Waals surface area contributed by atoms with E-state index < -0.39 is 0 Å². The van der Waals surface area contributed by atoms with Gasteiger partial charge >= 0.3 is 0 Å². The Morgan fingerprint density at radius 1 is 1.37 bits per heavy atom. The maximum atomic E-state index is 4.50. The number of hydrogen-bond donors (Lipinski definition) is 1. The highest BCUT2D eigenvalue weighted by Gasteiger charge is 2.30. The Morgan fingerprint density at radius 3 is 2.95 bits per heavy atom. The zero-order valence-corrected chi connectivity index (χ0v) is 12.7. The lowest BCUT2D eigenvalue weighted by atomic mass is 9.87. The van der Waals surface area contributed by atoms with E-state index in [-0.39, 0.29) is 5.54 Å². The van der Waals surface area contributed by atoms with Gasteiger partial charge in [0.15, 0.2) is 0 Å². The summed E-state index contributed by atoms with van der Waals surface area (Å²) in [5, 5.41) is 8.17. The summed E-state index contributed by atoms with van der Waals surface area (Å²) in [6, 6.07) is 0. The molecule has 1 aromatic rings. The molecule has 2 rings (SSSR count). The molecule has 1 unspecified atom stereocenters. The Bertz CT molecular complexity index is 375. The van der Waals surface area contributed by atoms with E-state index in [2.05, 4.69) is 40.9 Å². The van der Waals surface area contributed by atoms with E-state index >= 15 is 0 Å². The molecule has 0 amide bonds. The molecule has 4 nitrogen and oxygen atoms in total. The molecule has 19 heavy (non-hydrogen) atoms. The van der Waals surface area contributed by atoms with Gasteiger partial charge in [0, 0.05) is 18.5 Å². The zero-order valence-electron chi connectivity index (χ0n) is 12.7. The van der Waals surface area contributed by atoms with Gasteiger partial charge in [0.2, 0.25) is 0 Å². The van der Waals surface area contributed by atoms with Crippen LogP contribution in [0.5, 0.6) is 0 Å². The Hall–Kier alpha value is -0.900. The molecule has 0 saturated carbocycles. The van der Waals surface area contributed by atoms with Gasteiger partial charge in [-0.25, -0.2) is 9.67 Å². The second-order valence-corrected chi connectivity index (χ2v) is 6.30. The maximum absolute atomic E-state index is 4.50. The molecule has 4 heteroatoms. The fourth-order valence-corrected chi connectivity index (χ4v) is 3.01. The summed E-state index contributed by atoms with van der Waals surface area (Å²) in [5.74, 6) is 1.75. The molecule has 1 aliphatic heterocycles. The number of hydrogen-bond acceptors (Lipinski definition) is 3. The summed E-state index contributed by atoms with van der Waals surface area (Å²) in [6.07, 6.45) is 9.14. The molecule has 2 heterocycles. The van der Waals surface area contributed by atoms with E-state index in [4.69, 9.17) is 0 Å². The van der Waals surface area contributed by atoms with Crippen LogP contribution in [0.2, 0.25) is 0 Å². The van der Waals surface area contributed by atoms with Gasteiger partial charge in [-0.3, -0.25) is 0 Å². The van der Waals surface area contributed by atoms with Crippen LogP contribution in [-0.4, -0.2) is 26.8 Å². The quantitative estimate of drug-likeness (QED) is 0.889. The van der Waals surface area contributed by atoms with Crippen molar-refractivity contribution in [3.63, 3.8) is 0 Å². The molecule has 1 atom stereocenters. The lowest BCUT2D eigenvalue weighted by molar-refractivity contribution is 0.289. The number of nitrogens with zero attached hydrogens (tertiary/aromatic N) is 3. The summed E-state index contributed by atoms with van der Waals surface area (Å²) in [5.41, 5.74) is 0.234. The third kappa shape index (κ3) is 3.78. The van der Waals surface area contributed by atoms with Crippen molar-refractivity contribution < 1.29 is 0 Å². The summed E-state index contributed by atoms with van der Waals surface area (Å²) in [7, 11) is 0. The Labute approximate surface area is 117 Å². The van der Waals surface area contributed by atoms with Crippen LogP contribution < -0.4 is 5.32 Å². The van der Waals surface area contributed by atoms with Crippen molar-refractivity contribution in [2.45, 2.75) is 71.4 Å². The Kier molecular flexibility index (Phi) is 4.97. The van der Waals surface area contributed by atoms with Crippen LogP contribution in [0.3, 0.4) is 0 Å². The van der Waals surface area contributed by atoms with Crippen molar-refractivity contribution in [1.82, 2.24) is 20.1 Å². The molecule has 1 N–H and O–H groups in total. The highest BCUT2D eigenvalue weighted by Crippen LogP contribution is 2.26. The first-order valence-corrected chi connectivity index (χ1v) is 7.77. The predicted octanol–water partition coefficient (Wildman–Crippen LogP) is 2.79. The van der Waals surface area contributed by atoms with Crippen LogP contribution >= 0.6 is 0 Å². The van der Waals surface area contributed by atoms with Gasteiger partial charge in [-0.2, -0.15) is 5.10 Å². The first-order chi connectivity index (χ1) is 9.15. The standard InChI is InChI=1S/C15H28N4/c1-4-15(8-6-5-7-9-17-15)10-14-16-12-18-19(14)11-13(2)3/h12-13,17H,4-11H2,1-3H3. The van der Waals surface area contributed by atoms with Gasteiger partial charge < -0.3 is 5.32 Å². The minimum atomic E-state index is 0.234. The van der Waals surface area contributed by atoms with Crippen molar-refractivity contribution in [1.29, 1.82) is 0 Å². The Balaban J connectivity index is 2.11. The van der Waals surface area contributed by atoms with E-state index in [1.165, 1.54) is 32.1 Å². The van der Waals surface area contributed by atoms with E-state index in [1.807, 2.05) is 0 Å². The van der Waals surface area contributed by atoms with Crippen LogP contribution in [0.15, 0.2) is 6.33 Å². The van der Waals surface area contributed by atoms with Crippen LogP contribution in [0.1, 0.15) is 58.7 Å². The highest BCUT2D eigenvalue weighted by atomic mass is 15.3. The van der Waals surface area contributed by atoms with E-state index in [9.17, 15) is 0 Å². The molecule has 0 aliphatic carbocycles. The van der Waals surface area contributed by atoms with Gasteiger partial charge in [-0.15, -0.1) is 0 Å². The molecule has 1 fully saturated rings. The lowest BCUT2D eigenvalue weighted by Crippen LogP contribution is -2.46. The minimum absolute atomic E-state index is 0.234. The number of rotatable bonds is 5. The molecule has 0 spiro atoms. The lowest BCUT2D eigenvalue weighted by Gasteiger charge is -2.32. The summed E-state index contributed by atoms with van der Waals surface area (Å²) in [6.45, 7) is 8.86. The molecule has 1 aliphatic rings. The van der Waals surface area contributed by atoms with Crippen LogP contribution in [0, 0.1) is 5.92 Å². The second-order valence-electron chi connectivity index (χ2n) is 6.30. The van der Waals surface area contributed by atoms with Crippen molar-refractivity contribution in [2.75, 3.05) is 6.54 Å². The average molecular weight is 264 g/mol. The predicted molar refractivity (Wildman–Crippen MR) is 78.1 cm³/mol. The molecule has 1 saturated heterocycles. The number of aromatic nitrogens is 3. The fraction of sp³-hybridized carbons (Fsp3) is 0.867. The minimum Gasteiger partial charge on any atom is -0.311 e. The smallest absolute Gasteiger partial charge is 0.138 e. The first kappa shape index (κ1) is 14.5. The fourth-order valence-electron chi connectivity index (χ4n) is 3.01. The van der Waals surface area contributed by atoms with Gasteiger partial charge in [-0.05, 0) is 31.7 Å². The maximum Gasteiger partial charge on any atom is 0.138 e. The number of nitrogens with one attached hydrogen (secondary N) is 1. The first-order valence-electron chi connectivity index (χ1n) is 7.77. The summed E-state index contributed by atoms with van der Waals surface area (Å²) in [4.78, 5) is 4.50. The van der Waals surface area contributed by atoms with Crippen molar-refractivity contribution in [3.8, 4) is 0 Å². The molecular formula is C15H28N4. The third-order valence-electron chi connectivity index (χ3n) is 4.24. The SMILES string of the molecule is CCC1(Cc2ncnn2CC(C)C)CCCCCN1. The molecular weight excluding hydrogens is 236 g/mol.